The minimum Gasteiger partial charge on any atom is -0.492 e. The molecule has 3 heteroatoms. The van der Waals surface area contributed by atoms with Crippen molar-refractivity contribution in [2.45, 2.75) is 45.6 Å². The van der Waals surface area contributed by atoms with Crippen molar-refractivity contribution in [2.75, 3.05) is 13.1 Å². The van der Waals surface area contributed by atoms with Crippen LogP contribution < -0.4 is 0 Å². The van der Waals surface area contributed by atoms with Crippen LogP contribution in [0.5, 0.6) is 0 Å². The predicted molar refractivity (Wildman–Crippen MR) is 88.1 cm³/mol. The van der Waals surface area contributed by atoms with Gasteiger partial charge in [0, 0.05) is 18.4 Å². The normalized spacial score (nSPS) is 25.0. The first-order valence-electron chi connectivity index (χ1n) is 8.11. The SMILES string of the molecule is CC(C)(C)C(=O)N1CCCC2(CC(c3ccccc3)=CO2)C1. The second-order valence-electron chi connectivity index (χ2n) is 7.57. The molecule has 0 bridgehead atoms. The minimum absolute atomic E-state index is 0.218. The van der Waals surface area contributed by atoms with E-state index >= 15 is 0 Å². The summed E-state index contributed by atoms with van der Waals surface area (Å²) in [6.07, 6.45) is 4.83. The number of benzene rings is 1. The number of carbonyl (C=O) groups excluding carboxylic acids is 1. The number of hydrogen-bond donors (Lipinski definition) is 0. The second kappa shape index (κ2) is 5.45. The van der Waals surface area contributed by atoms with Crippen molar-refractivity contribution in [3.8, 4) is 0 Å². The molecule has 0 aromatic heterocycles. The first kappa shape index (κ1) is 15.1. The molecule has 1 fully saturated rings. The van der Waals surface area contributed by atoms with Gasteiger partial charge < -0.3 is 9.64 Å². The summed E-state index contributed by atoms with van der Waals surface area (Å²) in [6.45, 7) is 7.51. The van der Waals surface area contributed by atoms with Crippen LogP contribution in [-0.2, 0) is 9.53 Å². The molecule has 1 saturated heterocycles. The predicted octanol–water partition coefficient (Wildman–Crippen LogP) is 3.86. The lowest BCUT2D eigenvalue weighted by molar-refractivity contribution is -0.146. The summed E-state index contributed by atoms with van der Waals surface area (Å²) in [5.41, 5.74) is 1.92. The summed E-state index contributed by atoms with van der Waals surface area (Å²) in [5, 5.41) is 0. The van der Waals surface area contributed by atoms with Crippen molar-refractivity contribution in [1.82, 2.24) is 4.90 Å². The maximum absolute atomic E-state index is 12.6. The Morgan fingerprint density at radius 1 is 1.23 bits per heavy atom. The zero-order valence-corrected chi connectivity index (χ0v) is 13.8. The van der Waals surface area contributed by atoms with Crippen molar-refractivity contribution in [2.24, 2.45) is 5.41 Å². The summed E-state index contributed by atoms with van der Waals surface area (Å²) < 4.78 is 6.09. The standard InChI is InChI=1S/C19H25NO2/c1-18(2,3)17(21)20-11-7-10-19(14-20)12-16(13-22-19)15-8-5-4-6-9-15/h4-6,8-9,13H,7,10-12,14H2,1-3H3. The van der Waals surface area contributed by atoms with Crippen LogP contribution in [0.4, 0.5) is 0 Å². The summed E-state index contributed by atoms with van der Waals surface area (Å²) in [7, 11) is 0. The summed E-state index contributed by atoms with van der Waals surface area (Å²) in [5.74, 6) is 0.225. The van der Waals surface area contributed by atoms with Gasteiger partial charge in [-0.15, -0.1) is 0 Å². The van der Waals surface area contributed by atoms with Gasteiger partial charge in [0.2, 0.25) is 5.91 Å². The van der Waals surface area contributed by atoms with Crippen LogP contribution in [0.25, 0.3) is 5.57 Å². The molecule has 1 aromatic carbocycles. The third-order valence-electron chi connectivity index (χ3n) is 4.58. The highest BCUT2D eigenvalue weighted by atomic mass is 16.5. The van der Waals surface area contributed by atoms with E-state index in [9.17, 15) is 4.79 Å². The fourth-order valence-corrected chi connectivity index (χ4v) is 3.44. The van der Waals surface area contributed by atoms with Crippen molar-refractivity contribution in [3.63, 3.8) is 0 Å². The second-order valence-corrected chi connectivity index (χ2v) is 7.57. The Kier molecular flexibility index (Phi) is 3.75. The summed E-state index contributed by atoms with van der Waals surface area (Å²) >= 11 is 0. The molecule has 2 heterocycles. The van der Waals surface area contributed by atoms with Crippen LogP contribution >= 0.6 is 0 Å². The van der Waals surface area contributed by atoms with Crippen molar-refractivity contribution in [3.05, 3.63) is 42.2 Å². The zero-order chi connectivity index (χ0) is 15.8. The number of ether oxygens (including phenoxy) is 1. The van der Waals surface area contributed by atoms with Gasteiger partial charge in [-0.1, -0.05) is 51.1 Å². The molecule has 3 rings (SSSR count). The smallest absolute Gasteiger partial charge is 0.228 e. The number of piperidine rings is 1. The maximum Gasteiger partial charge on any atom is 0.228 e. The van der Waals surface area contributed by atoms with Gasteiger partial charge >= 0.3 is 0 Å². The largest absolute Gasteiger partial charge is 0.492 e. The Balaban J connectivity index is 1.72. The fraction of sp³-hybridized carbons (Fsp3) is 0.526. The molecule has 2 aliphatic rings. The molecule has 1 unspecified atom stereocenters. The van der Waals surface area contributed by atoms with Gasteiger partial charge in [-0.3, -0.25) is 4.79 Å². The van der Waals surface area contributed by atoms with E-state index < -0.39 is 0 Å². The van der Waals surface area contributed by atoms with Crippen LogP contribution in [0.1, 0.15) is 45.6 Å². The van der Waals surface area contributed by atoms with Crippen LogP contribution in [-0.4, -0.2) is 29.5 Å². The molecular weight excluding hydrogens is 274 g/mol. The molecule has 0 N–H and O–H groups in total. The number of hydrogen-bond acceptors (Lipinski definition) is 2. The van der Waals surface area contributed by atoms with Crippen LogP contribution in [0.15, 0.2) is 36.6 Å². The molecule has 1 amide bonds. The Hall–Kier alpha value is -1.77. The molecule has 22 heavy (non-hydrogen) atoms. The average Bonchev–Trinajstić information content (AvgIpc) is 2.90. The van der Waals surface area contributed by atoms with Gasteiger partial charge in [-0.2, -0.15) is 0 Å². The number of likely N-dealkylation sites (tertiary alicyclic amines) is 1. The highest BCUT2D eigenvalue weighted by Gasteiger charge is 2.43. The molecule has 1 spiro atoms. The number of nitrogens with zero attached hydrogens (tertiary/aromatic N) is 1. The third-order valence-corrected chi connectivity index (χ3v) is 4.58. The minimum atomic E-state index is -0.327. The van der Waals surface area contributed by atoms with E-state index in [1.807, 2.05) is 38.0 Å². The lowest BCUT2D eigenvalue weighted by Crippen LogP contribution is -2.52. The molecular formula is C19H25NO2. The summed E-state index contributed by atoms with van der Waals surface area (Å²) in [6, 6.07) is 10.4. The van der Waals surface area contributed by atoms with E-state index in [0.717, 1.165) is 25.8 Å². The van der Waals surface area contributed by atoms with Gasteiger partial charge in [0.05, 0.1) is 12.8 Å². The molecule has 3 nitrogen and oxygen atoms in total. The molecule has 118 valence electrons. The van der Waals surface area contributed by atoms with Crippen LogP contribution in [0.3, 0.4) is 0 Å². The maximum atomic E-state index is 12.6. The number of rotatable bonds is 1. The van der Waals surface area contributed by atoms with Crippen molar-refractivity contribution < 1.29 is 9.53 Å². The van der Waals surface area contributed by atoms with Gasteiger partial charge in [-0.05, 0) is 24.0 Å². The van der Waals surface area contributed by atoms with E-state index in [1.54, 1.807) is 0 Å². The van der Waals surface area contributed by atoms with E-state index in [4.69, 9.17) is 4.74 Å². The average molecular weight is 299 g/mol. The molecule has 1 atom stereocenters. The Labute approximate surface area is 133 Å². The topological polar surface area (TPSA) is 29.5 Å². The van der Waals surface area contributed by atoms with E-state index in [0.29, 0.717) is 6.54 Å². The Morgan fingerprint density at radius 2 is 1.95 bits per heavy atom. The van der Waals surface area contributed by atoms with E-state index in [-0.39, 0.29) is 16.9 Å². The fourth-order valence-electron chi connectivity index (χ4n) is 3.44. The molecule has 0 aliphatic carbocycles. The van der Waals surface area contributed by atoms with Gasteiger partial charge in [-0.25, -0.2) is 0 Å². The Morgan fingerprint density at radius 3 is 2.64 bits per heavy atom. The van der Waals surface area contributed by atoms with Crippen LogP contribution in [0, 0.1) is 5.41 Å². The monoisotopic (exact) mass is 299 g/mol. The van der Waals surface area contributed by atoms with Crippen molar-refractivity contribution >= 4 is 11.5 Å². The molecule has 2 aliphatic heterocycles. The van der Waals surface area contributed by atoms with E-state index in [2.05, 4.69) is 24.3 Å². The zero-order valence-electron chi connectivity index (χ0n) is 13.8. The van der Waals surface area contributed by atoms with Gasteiger partial charge in [0.25, 0.3) is 0 Å². The van der Waals surface area contributed by atoms with E-state index in [1.165, 1.54) is 11.1 Å². The highest BCUT2D eigenvalue weighted by Crippen LogP contribution is 2.41. The van der Waals surface area contributed by atoms with Gasteiger partial charge in [0.15, 0.2) is 0 Å². The molecule has 0 saturated carbocycles. The molecule has 1 aromatic rings. The lowest BCUT2D eigenvalue weighted by atomic mass is 9.84. The first-order valence-corrected chi connectivity index (χ1v) is 8.11. The van der Waals surface area contributed by atoms with Gasteiger partial charge in [0.1, 0.15) is 5.60 Å². The lowest BCUT2D eigenvalue weighted by Gasteiger charge is -2.42. The molecule has 0 radical (unpaired) electrons. The number of carbonyl (C=O) groups is 1. The summed E-state index contributed by atoms with van der Waals surface area (Å²) in [4.78, 5) is 14.6. The van der Waals surface area contributed by atoms with Crippen LogP contribution in [0.2, 0.25) is 0 Å². The number of amides is 1. The van der Waals surface area contributed by atoms with Crippen molar-refractivity contribution in [1.29, 1.82) is 0 Å². The highest BCUT2D eigenvalue weighted by molar-refractivity contribution is 5.81. The third kappa shape index (κ3) is 2.90. The first-order chi connectivity index (χ1) is 10.4. The quantitative estimate of drug-likeness (QED) is 0.788. The Bertz CT molecular complexity index is 585.